The van der Waals surface area contributed by atoms with Crippen molar-refractivity contribution >= 4 is 11.6 Å². The normalized spacial score (nSPS) is 13.2. The van der Waals surface area contributed by atoms with Crippen LogP contribution in [0.25, 0.3) is 28.3 Å². The Bertz CT molecular complexity index is 1130. The number of fused-ring (bicyclic) bond motifs is 2. The van der Waals surface area contributed by atoms with Crippen LogP contribution in [0.3, 0.4) is 0 Å². The number of rotatable bonds is 3. The first kappa shape index (κ1) is 15.8. The summed E-state index contributed by atoms with van der Waals surface area (Å²) in [7, 11) is 1.86. The monoisotopic (exact) mass is 357 g/mol. The first-order chi connectivity index (χ1) is 13.3. The largest absolute Gasteiger partial charge is 0.493 e. The number of aromatic nitrogens is 4. The lowest BCUT2D eigenvalue weighted by Gasteiger charge is -2.18. The summed E-state index contributed by atoms with van der Waals surface area (Å²) in [6, 6.07) is 12.3. The van der Waals surface area contributed by atoms with Gasteiger partial charge in [0.15, 0.2) is 0 Å². The number of anilines is 1. The molecule has 27 heavy (non-hydrogen) atoms. The van der Waals surface area contributed by atoms with Crippen molar-refractivity contribution in [2.75, 3.05) is 19.0 Å². The zero-order valence-corrected chi connectivity index (χ0v) is 15.0. The van der Waals surface area contributed by atoms with E-state index in [1.54, 1.807) is 12.4 Å². The van der Waals surface area contributed by atoms with Crippen LogP contribution < -0.4 is 10.1 Å². The fourth-order valence-electron chi connectivity index (χ4n) is 3.59. The van der Waals surface area contributed by atoms with E-state index in [2.05, 4.69) is 33.5 Å². The third-order valence-electron chi connectivity index (χ3n) is 4.88. The molecule has 0 saturated heterocycles. The maximum absolute atomic E-state index is 5.78. The smallest absolute Gasteiger partial charge is 0.234 e. The first-order valence-corrected chi connectivity index (χ1v) is 9.07. The highest BCUT2D eigenvalue weighted by atomic mass is 16.5. The molecule has 1 aliphatic rings. The highest BCUT2D eigenvalue weighted by molar-refractivity contribution is 5.82. The van der Waals surface area contributed by atoms with E-state index in [4.69, 9.17) is 9.72 Å². The Morgan fingerprint density at radius 1 is 1.07 bits per heavy atom. The van der Waals surface area contributed by atoms with E-state index < -0.39 is 0 Å². The summed E-state index contributed by atoms with van der Waals surface area (Å²) in [5.74, 6) is 2.47. The Hall–Kier alpha value is -3.41. The van der Waals surface area contributed by atoms with E-state index in [0.717, 1.165) is 53.5 Å². The fourth-order valence-corrected chi connectivity index (χ4v) is 3.59. The minimum Gasteiger partial charge on any atom is -0.493 e. The number of hydrogen-bond donors (Lipinski definition) is 1. The van der Waals surface area contributed by atoms with Gasteiger partial charge in [0.1, 0.15) is 11.6 Å². The summed E-state index contributed by atoms with van der Waals surface area (Å²) in [6.07, 6.45) is 7.65. The van der Waals surface area contributed by atoms with Crippen LogP contribution in [0.4, 0.5) is 5.82 Å². The van der Waals surface area contributed by atoms with Crippen LogP contribution >= 0.6 is 0 Å². The molecule has 3 aromatic heterocycles. The molecule has 0 radical (unpaired) electrons. The summed E-state index contributed by atoms with van der Waals surface area (Å²) in [4.78, 5) is 13.6. The molecule has 0 bridgehead atoms. The summed E-state index contributed by atoms with van der Waals surface area (Å²) >= 11 is 0. The Balaban J connectivity index is 1.75. The van der Waals surface area contributed by atoms with E-state index >= 15 is 0 Å². The molecule has 1 aromatic carbocycles. The van der Waals surface area contributed by atoms with Crippen LogP contribution in [0.2, 0.25) is 0 Å². The molecule has 4 aromatic rings. The van der Waals surface area contributed by atoms with E-state index in [1.807, 2.05) is 35.8 Å². The van der Waals surface area contributed by atoms with Gasteiger partial charge in [0.25, 0.3) is 0 Å². The van der Waals surface area contributed by atoms with Gasteiger partial charge in [0, 0.05) is 36.8 Å². The number of benzene rings is 1. The van der Waals surface area contributed by atoms with Crippen LogP contribution in [-0.2, 0) is 6.42 Å². The molecule has 0 unspecified atom stereocenters. The van der Waals surface area contributed by atoms with Crippen molar-refractivity contribution < 1.29 is 4.74 Å². The second kappa shape index (κ2) is 6.39. The minimum absolute atomic E-state index is 0.680. The van der Waals surface area contributed by atoms with Crippen molar-refractivity contribution in [3.8, 4) is 28.3 Å². The van der Waals surface area contributed by atoms with Gasteiger partial charge >= 0.3 is 0 Å². The number of nitrogens with zero attached hydrogens (tertiary/aromatic N) is 4. The third-order valence-corrected chi connectivity index (χ3v) is 4.88. The topological polar surface area (TPSA) is 64.3 Å². The quantitative estimate of drug-likeness (QED) is 0.604. The van der Waals surface area contributed by atoms with E-state index in [-0.39, 0.29) is 0 Å². The van der Waals surface area contributed by atoms with Crippen LogP contribution in [0.15, 0.2) is 55.0 Å². The number of ether oxygens (including phenoxy) is 1. The number of aryl methyl sites for hydroxylation is 1. The van der Waals surface area contributed by atoms with Gasteiger partial charge in [-0.15, -0.1) is 0 Å². The zero-order chi connectivity index (χ0) is 18.2. The third kappa shape index (κ3) is 2.70. The zero-order valence-electron chi connectivity index (χ0n) is 15.0. The molecule has 4 heterocycles. The molecular weight excluding hydrogens is 338 g/mol. The number of hydrogen-bond acceptors (Lipinski definition) is 5. The van der Waals surface area contributed by atoms with Crippen LogP contribution in [0.5, 0.6) is 5.75 Å². The van der Waals surface area contributed by atoms with Gasteiger partial charge in [-0.1, -0.05) is 0 Å². The van der Waals surface area contributed by atoms with Crippen molar-refractivity contribution in [1.82, 2.24) is 19.4 Å². The summed E-state index contributed by atoms with van der Waals surface area (Å²) in [6.45, 7) is 0.793. The molecule has 0 atom stereocenters. The Morgan fingerprint density at radius 2 is 2.04 bits per heavy atom. The van der Waals surface area contributed by atoms with Crippen LogP contribution in [-0.4, -0.2) is 33.0 Å². The molecule has 1 aliphatic heterocycles. The average Bonchev–Trinajstić information content (AvgIpc) is 3.13. The minimum atomic E-state index is 0.680. The maximum atomic E-state index is 5.78. The van der Waals surface area contributed by atoms with Crippen molar-refractivity contribution in [3.05, 3.63) is 60.6 Å². The fraction of sp³-hybridized carbons (Fsp3) is 0.190. The second-order valence-electron chi connectivity index (χ2n) is 6.55. The molecule has 0 aliphatic carbocycles. The second-order valence-corrected chi connectivity index (χ2v) is 6.55. The van der Waals surface area contributed by atoms with Gasteiger partial charge in [-0.05, 0) is 54.8 Å². The predicted octanol–water partition coefficient (Wildman–Crippen LogP) is 3.83. The van der Waals surface area contributed by atoms with Gasteiger partial charge in [-0.3, -0.25) is 4.40 Å². The number of pyridine rings is 1. The lowest BCUT2D eigenvalue weighted by atomic mass is 9.99. The molecule has 134 valence electrons. The number of imidazole rings is 1. The summed E-state index contributed by atoms with van der Waals surface area (Å²) in [5.41, 5.74) is 5.28. The van der Waals surface area contributed by atoms with Gasteiger partial charge < -0.3 is 10.1 Å². The molecule has 6 nitrogen and oxygen atoms in total. The summed E-state index contributed by atoms with van der Waals surface area (Å²) in [5, 5.41) is 3.09. The predicted molar refractivity (Wildman–Crippen MR) is 105 cm³/mol. The lowest BCUT2D eigenvalue weighted by molar-refractivity contribution is 0.288. The molecule has 0 saturated carbocycles. The highest BCUT2D eigenvalue weighted by Gasteiger charge is 2.19. The van der Waals surface area contributed by atoms with Crippen molar-refractivity contribution in [2.45, 2.75) is 12.8 Å². The van der Waals surface area contributed by atoms with Gasteiger partial charge in [-0.25, -0.2) is 15.0 Å². The maximum Gasteiger partial charge on any atom is 0.234 e. The first-order valence-electron chi connectivity index (χ1n) is 9.07. The van der Waals surface area contributed by atoms with E-state index in [0.29, 0.717) is 5.78 Å². The van der Waals surface area contributed by atoms with Crippen LogP contribution in [0, 0.1) is 0 Å². The van der Waals surface area contributed by atoms with Crippen molar-refractivity contribution in [1.29, 1.82) is 0 Å². The molecule has 6 heteroatoms. The average molecular weight is 357 g/mol. The van der Waals surface area contributed by atoms with E-state index in [1.165, 1.54) is 5.56 Å². The molecular formula is C21H19N5O. The van der Waals surface area contributed by atoms with Gasteiger partial charge in [-0.2, -0.15) is 0 Å². The summed E-state index contributed by atoms with van der Waals surface area (Å²) < 4.78 is 7.82. The van der Waals surface area contributed by atoms with Crippen molar-refractivity contribution in [3.63, 3.8) is 0 Å². The highest BCUT2D eigenvalue weighted by Crippen LogP contribution is 2.36. The SMILES string of the molecule is CNc1cc(-c2nc3ncccn3c2-c2ccc3c(c2)CCCO3)ccn1. The Labute approximate surface area is 156 Å². The Kier molecular flexibility index (Phi) is 3.74. The number of nitrogens with one attached hydrogen (secondary N) is 1. The molecule has 5 rings (SSSR count). The lowest BCUT2D eigenvalue weighted by Crippen LogP contribution is -2.08. The van der Waals surface area contributed by atoms with Crippen LogP contribution in [0.1, 0.15) is 12.0 Å². The molecule has 0 spiro atoms. The Morgan fingerprint density at radius 3 is 2.96 bits per heavy atom. The molecule has 0 fully saturated rings. The van der Waals surface area contributed by atoms with Gasteiger partial charge in [0.05, 0.1) is 18.0 Å². The molecule has 0 amide bonds. The van der Waals surface area contributed by atoms with Crippen molar-refractivity contribution in [2.24, 2.45) is 0 Å². The van der Waals surface area contributed by atoms with E-state index in [9.17, 15) is 0 Å². The van der Waals surface area contributed by atoms with Gasteiger partial charge in [0.2, 0.25) is 5.78 Å². The standard InChI is InChI=1S/C21H19N5O/c1-22-18-13-15(7-9-23-18)19-20(26-10-3-8-24-21(26)25-19)16-5-6-17-14(12-16)4-2-11-27-17/h3,5-10,12-13H,2,4,11H2,1H3,(H,22,23). The molecule has 1 N–H and O–H groups in total.